The second-order valence-electron chi connectivity index (χ2n) is 10.2. The van der Waals surface area contributed by atoms with Crippen molar-refractivity contribution in [3.63, 3.8) is 0 Å². The molecule has 2 aromatic rings. The van der Waals surface area contributed by atoms with Crippen LogP contribution in [0.5, 0.6) is 0 Å². The molecule has 0 spiro atoms. The molecule has 0 radical (unpaired) electrons. The number of furan rings is 1. The average Bonchev–Trinajstić information content (AvgIpc) is 3.37. The lowest BCUT2D eigenvalue weighted by atomic mass is 9.84. The van der Waals surface area contributed by atoms with E-state index in [-0.39, 0.29) is 29.7 Å². The smallest absolute Gasteiger partial charge is 0.242 e. The largest absolute Gasteiger partial charge is 0.467 e. The highest BCUT2D eigenvalue weighted by molar-refractivity contribution is 5.85. The molecule has 0 N–H and O–H groups in total. The number of carbonyl (C=O) groups excluding carboxylic acids is 2. The quantitative estimate of drug-likeness (QED) is 0.414. The van der Waals surface area contributed by atoms with E-state index >= 15 is 0 Å². The first kappa shape index (κ1) is 26.7. The van der Waals surface area contributed by atoms with E-state index in [1.54, 1.807) is 23.2 Å². The Morgan fingerprint density at radius 1 is 1.12 bits per heavy atom. The van der Waals surface area contributed by atoms with Crippen LogP contribution >= 0.6 is 0 Å². The minimum Gasteiger partial charge on any atom is -0.467 e. The lowest BCUT2D eigenvalue weighted by Gasteiger charge is -2.29. The van der Waals surface area contributed by atoms with Gasteiger partial charge >= 0.3 is 0 Å². The molecule has 0 saturated carbocycles. The summed E-state index contributed by atoms with van der Waals surface area (Å²) in [4.78, 5) is 30.0. The van der Waals surface area contributed by atoms with Gasteiger partial charge in [-0.05, 0) is 48.4 Å². The van der Waals surface area contributed by atoms with Gasteiger partial charge in [0.25, 0.3) is 0 Å². The highest BCUT2D eigenvalue weighted by atomic mass is 16.5. The molecule has 1 atom stereocenters. The van der Waals surface area contributed by atoms with Gasteiger partial charge in [0, 0.05) is 45.6 Å². The number of amides is 2. The maximum Gasteiger partial charge on any atom is 0.242 e. The Labute approximate surface area is 198 Å². The van der Waals surface area contributed by atoms with Crippen molar-refractivity contribution in [2.75, 3.05) is 26.8 Å². The zero-order valence-corrected chi connectivity index (χ0v) is 21.2. The van der Waals surface area contributed by atoms with Crippen LogP contribution in [0, 0.1) is 11.3 Å². The molecule has 0 aliphatic heterocycles. The van der Waals surface area contributed by atoms with Gasteiger partial charge in [-0.1, -0.05) is 27.7 Å². The van der Waals surface area contributed by atoms with E-state index in [1.807, 2.05) is 42.1 Å². The van der Waals surface area contributed by atoms with Crippen LogP contribution in [-0.2, 0) is 34.5 Å². The molecule has 184 valence electrons. The monoisotopic (exact) mass is 459 g/mol. The number of aryl methyl sites for hydroxylation is 1. The number of methoxy groups -OCH3 is 1. The molecular weight excluding hydrogens is 418 g/mol. The van der Waals surface area contributed by atoms with E-state index in [4.69, 9.17) is 9.15 Å². The predicted octanol–water partition coefficient (Wildman–Crippen LogP) is 4.47. The molecule has 7 heteroatoms. The topological polar surface area (TPSA) is 67.9 Å². The molecule has 7 nitrogen and oxygen atoms in total. The van der Waals surface area contributed by atoms with Crippen LogP contribution in [0.1, 0.15) is 58.4 Å². The maximum atomic E-state index is 13.4. The molecule has 0 aliphatic rings. The molecule has 2 amide bonds. The van der Waals surface area contributed by atoms with Crippen molar-refractivity contribution < 1.29 is 18.7 Å². The molecule has 0 fully saturated rings. The molecule has 2 heterocycles. The minimum absolute atomic E-state index is 0.0213. The number of carbonyl (C=O) groups is 2. The number of aromatic nitrogens is 1. The fourth-order valence-electron chi connectivity index (χ4n) is 4.18. The van der Waals surface area contributed by atoms with Crippen LogP contribution in [-0.4, -0.2) is 53.0 Å². The Kier molecular flexibility index (Phi) is 10.2. The summed E-state index contributed by atoms with van der Waals surface area (Å²) >= 11 is 0. The van der Waals surface area contributed by atoms with Gasteiger partial charge in [-0.3, -0.25) is 9.59 Å². The third-order valence-corrected chi connectivity index (χ3v) is 5.62. The number of ether oxygens (including phenoxy) is 1. The summed E-state index contributed by atoms with van der Waals surface area (Å²) in [6.07, 6.45) is 5.66. The summed E-state index contributed by atoms with van der Waals surface area (Å²) < 4.78 is 12.7. The van der Waals surface area contributed by atoms with Gasteiger partial charge in [-0.25, -0.2) is 0 Å². The Balaban J connectivity index is 2.12. The Morgan fingerprint density at radius 2 is 1.88 bits per heavy atom. The minimum atomic E-state index is -0.0955. The number of rotatable bonds is 13. The molecule has 0 aromatic carbocycles. The number of nitrogens with zero attached hydrogens (tertiary/aromatic N) is 3. The summed E-state index contributed by atoms with van der Waals surface area (Å²) in [5.74, 6) is 0.892. The van der Waals surface area contributed by atoms with Crippen LogP contribution in [0.3, 0.4) is 0 Å². The van der Waals surface area contributed by atoms with E-state index in [0.717, 1.165) is 12.1 Å². The standard InChI is InChI=1S/C26H41N3O4/c1-21(17-26(2,3)4)16-24(30)28(13-9-14-32-6)20-25(31)29(19-23-11-8-15-33-23)18-22-10-7-12-27(22)5/h7-8,10-12,15,21H,9,13-14,16-20H2,1-6H3. The molecule has 0 bridgehead atoms. The van der Waals surface area contributed by atoms with Crippen LogP contribution in [0.15, 0.2) is 41.1 Å². The summed E-state index contributed by atoms with van der Waals surface area (Å²) in [6.45, 7) is 10.6. The molecule has 0 saturated heterocycles. The van der Waals surface area contributed by atoms with Crippen LogP contribution in [0.2, 0.25) is 0 Å². The lowest BCUT2D eigenvalue weighted by Crippen LogP contribution is -2.43. The first-order valence-electron chi connectivity index (χ1n) is 11.8. The second-order valence-corrected chi connectivity index (χ2v) is 10.2. The van der Waals surface area contributed by atoms with Crippen LogP contribution in [0.4, 0.5) is 0 Å². The highest BCUT2D eigenvalue weighted by Crippen LogP contribution is 2.26. The van der Waals surface area contributed by atoms with Gasteiger partial charge in [0.15, 0.2) is 0 Å². The van der Waals surface area contributed by atoms with Crippen LogP contribution in [0.25, 0.3) is 0 Å². The van der Waals surface area contributed by atoms with Crippen molar-refractivity contribution in [3.05, 3.63) is 48.2 Å². The van der Waals surface area contributed by atoms with Gasteiger partial charge < -0.3 is 23.5 Å². The van der Waals surface area contributed by atoms with Gasteiger partial charge in [-0.15, -0.1) is 0 Å². The third kappa shape index (κ3) is 9.46. The first-order valence-corrected chi connectivity index (χ1v) is 11.8. The summed E-state index contributed by atoms with van der Waals surface area (Å²) in [7, 11) is 3.61. The van der Waals surface area contributed by atoms with Crippen molar-refractivity contribution in [3.8, 4) is 0 Å². The van der Waals surface area contributed by atoms with E-state index in [9.17, 15) is 9.59 Å². The van der Waals surface area contributed by atoms with Gasteiger partial charge in [0.05, 0.1) is 25.9 Å². The normalized spacial score (nSPS) is 12.5. The fourth-order valence-corrected chi connectivity index (χ4v) is 4.18. The molecule has 33 heavy (non-hydrogen) atoms. The van der Waals surface area contributed by atoms with Crippen LogP contribution < -0.4 is 0 Å². The third-order valence-electron chi connectivity index (χ3n) is 5.62. The van der Waals surface area contributed by atoms with Gasteiger partial charge in [-0.2, -0.15) is 0 Å². The Morgan fingerprint density at radius 3 is 2.45 bits per heavy atom. The first-order chi connectivity index (χ1) is 15.6. The van der Waals surface area contributed by atoms with E-state index in [0.29, 0.717) is 44.8 Å². The van der Waals surface area contributed by atoms with E-state index in [1.165, 1.54) is 0 Å². The molecule has 0 aliphatic carbocycles. The molecule has 1 unspecified atom stereocenters. The fraction of sp³-hybridized carbons (Fsp3) is 0.615. The second kappa shape index (κ2) is 12.6. The van der Waals surface area contributed by atoms with Crippen molar-refractivity contribution in [2.45, 2.75) is 60.0 Å². The highest BCUT2D eigenvalue weighted by Gasteiger charge is 2.25. The number of hydrogen-bond donors (Lipinski definition) is 0. The maximum absolute atomic E-state index is 13.4. The molecule has 2 rings (SSSR count). The van der Waals surface area contributed by atoms with Gasteiger partial charge in [0.2, 0.25) is 11.8 Å². The van der Waals surface area contributed by atoms with Crippen molar-refractivity contribution >= 4 is 11.8 Å². The van der Waals surface area contributed by atoms with Crippen molar-refractivity contribution in [1.29, 1.82) is 0 Å². The van der Waals surface area contributed by atoms with Crippen molar-refractivity contribution in [2.24, 2.45) is 18.4 Å². The number of hydrogen-bond acceptors (Lipinski definition) is 4. The van der Waals surface area contributed by atoms with Gasteiger partial charge in [0.1, 0.15) is 5.76 Å². The summed E-state index contributed by atoms with van der Waals surface area (Å²) in [6, 6.07) is 7.64. The lowest BCUT2D eigenvalue weighted by molar-refractivity contribution is -0.142. The zero-order chi connectivity index (χ0) is 24.4. The zero-order valence-electron chi connectivity index (χ0n) is 21.2. The van der Waals surface area contributed by atoms with E-state index in [2.05, 4.69) is 27.7 Å². The Bertz CT molecular complexity index is 851. The molecule has 2 aromatic heterocycles. The molecular formula is C26H41N3O4. The SMILES string of the molecule is COCCCN(CC(=O)N(Cc1ccco1)Cc1cccn1C)C(=O)CC(C)CC(C)(C)C. The summed E-state index contributed by atoms with van der Waals surface area (Å²) in [5, 5.41) is 0. The Hall–Kier alpha value is -2.54. The van der Waals surface area contributed by atoms with E-state index < -0.39 is 0 Å². The van der Waals surface area contributed by atoms with Crippen molar-refractivity contribution in [1.82, 2.24) is 14.4 Å². The summed E-state index contributed by atoms with van der Waals surface area (Å²) in [5.41, 5.74) is 1.18. The average molecular weight is 460 g/mol. The predicted molar refractivity (Wildman–Crippen MR) is 129 cm³/mol.